The monoisotopic (exact) mass is 491 g/mol. The van der Waals surface area contributed by atoms with Gasteiger partial charge in [-0.2, -0.15) is 4.98 Å². The molecule has 168 valence electrons. The maximum atomic E-state index is 12.5. The van der Waals surface area contributed by atoms with Crippen LogP contribution in [0.2, 0.25) is 0 Å². The molecule has 0 spiro atoms. The summed E-state index contributed by atoms with van der Waals surface area (Å²) in [7, 11) is 0. The highest BCUT2D eigenvalue weighted by Gasteiger charge is 2.26. The molecule has 0 unspecified atom stereocenters. The topological polar surface area (TPSA) is 83.7 Å². The minimum absolute atomic E-state index is 0.0978. The molecule has 0 aliphatic carbocycles. The van der Waals surface area contributed by atoms with Crippen molar-refractivity contribution < 1.29 is 14.1 Å². The van der Waals surface area contributed by atoms with Crippen LogP contribution in [0.3, 0.4) is 0 Å². The van der Waals surface area contributed by atoms with Gasteiger partial charge in [0.25, 0.3) is 0 Å². The number of carbonyl (C=O) groups is 1. The van der Waals surface area contributed by atoms with Crippen LogP contribution in [0.15, 0.2) is 33.3 Å². The van der Waals surface area contributed by atoms with Crippen molar-refractivity contribution in [2.75, 3.05) is 52.5 Å². The number of amides is 1. The first-order valence-electron chi connectivity index (χ1n) is 11.1. The van der Waals surface area contributed by atoms with Crippen LogP contribution in [0.1, 0.15) is 25.2 Å². The Morgan fingerprint density at radius 2 is 1.84 bits per heavy atom. The Labute approximate surface area is 191 Å². The second-order valence-corrected chi connectivity index (χ2v) is 9.08. The Morgan fingerprint density at radius 3 is 2.58 bits per heavy atom. The molecule has 2 aliphatic heterocycles. The lowest BCUT2D eigenvalue weighted by atomic mass is 9.96. The first kappa shape index (κ1) is 22.4. The van der Waals surface area contributed by atoms with E-state index < -0.39 is 0 Å². The fourth-order valence-corrected chi connectivity index (χ4v) is 4.33. The van der Waals surface area contributed by atoms with E-state index in [1.165, 1.54) is 0 Å². The highest BCUT2D eigenvalue weighted by atomic mass is 79.9. The van der Waals surface area contributed by atoms with Crippen LogP contribution in [0.25, 0.3) is 11.4 Å². The van der Waals surface area contributed by atoms with Gasteiger partial charge in [-0.1, -0.05) is 21.1 Å². The van der Waals surface area contributed by atoms with Gasteiger partial charge in [-0.3, -0.25) is 14.6 Å². The summed E-state index contributed by atoms with van der Waals surface area (Å²) in [6.45, 7) is 7.75. The SMILES string of the molecule is O=C(NCCCN1CCOCC1)C1CCN(Cc2nc(-c3ccc(Br)cc3)no2)CC1. The number of halogens is 1. The Hall–Kier alpha value is -1.81. The van der Waals surface area contributed by atoms with Gasteiger partial charge in [0.15, 0.2) is 0 Å². The normalized spacial score (nSPS) is 18.9. The molecule has 8 nitrogen and oxygen atoms in total. The molecule has 9 heteroatoms. The van der Waals surface area contributed by atoms with Crippen molar-refractivity contribution in [1.82, 2.24) is 25.3 Å². The summed E-state index contributed by atoms with van der Waals surface area (Å²) in [5.74, 6) is 1.51. The van der Waals surface area contributed by atoms with Crippen LogP contribution in [0.5, 0.6) is 0 Å². The minimum atomic E-state index is 0.0978. The maximum absolute atomic E-state index is 12.5. The van der Waals surface area contributed by atoms with E-state index >= 15 is 0 Å². The third-order valence-electron chi connectivity index (χ3n) is 5.94. The fraction of sp³-hybridized carbons (Fsp3) is 0.591. The van der Waals surface area contributed by atoms with Gasteiger partial charge in [-0.25, -0.2) is 0 Å². The molecule has 0 atom stereocenters. The average Bonchev–Trinajstić information content (AvgIpc) is 3.27. The van der Waals surface area contributed by atoms with Gasteiger partial charge < -0.3 is 14.6 Å². The third-order valence-corrected chi connectivity index (χ3v) is 6.47. The molecule has 0 radical (unpaired) electrons. The highest BCUT2D eigenvalue weighted by Crippen LogP contribution is 2.21. The van der Waals surface area contributed by atoms with Gasteiger partial charge in [0.2, 0.25) is 17.6 Å². The lowest BCUT2D eigenvalue weighted by Gasteiger charge is -2.30. The molecule has 2 aromatic rings. The number of carbonyl (C=O) groups excluding carboxylic acids is 1. The largest absolute Gasteiger partial charge is 0.379 e. The summed E-state index contributed by atoms with van der Waals surface area (Å²) in [6.07, 6.45) is 2.72. The summed E-state index contributed by atoms with van der Waals surface area (Å²) < 4.78 is 11.8. The lowest BCUT2D eigenvalue weighted by molar-refractivity contribution is -0.126. The number of hydrogen-bond donors (Lipinski definition) is 1. The summed E-state index contributed by atoms with van der Waals surface area (Å²) in [4.78, 5) is 21.7. The predicted molar refractivity (Wildman–Crippen MR) is 120 cm³/mol. The average molecular weight is 492 g/mol. The molecule has 2 saturated heterocycles. The van der Waals surface area contributed by atoms with Gasteiger partial charge in [-0.05, 0) is 63.2 Å². The minimum Gasteiger partial charge on any atom is -0.379 e. The van der Waals surface area contributed by atoms with E-state index in [0.29, 0.717) is 18.3 Å². The summed E-state index contributed by atoms with van der Waals surface area (Å²) in [5.41, 5.74) is 0.933. The molecule has 0 saturated carbocycles. The Bertz CT molecular complexity index is 830. The van der Waals surface area contributed by atoms with Gasteiger partial charge in [0.1, 0.15) is 0 Å². The van der Waals surface area contributed by atoms with Crippen LogP contribution in [-0.2, 0) is 16.1 Å². The number of ether oxygens (including phenoxy) is 1. The predicted octanol–water partition coefficient (Wildman–Crippen LogP) is 2.55. The number of nitrogens with one attached hydrogen (secondary N) is 1. The maximum Gasteiger partial charge on any atom is 0.241 e. The summed E-state index contributed by atoms with van der Waals surface area (Å²) in [5, 5.41) is 7.22. The number of nitrogens with zero attached hydrogens (tertiary/aromatic N) is 4. The number of piperidine rings is 1. The van der Waals surface area contributed by atoms with Gasteiger partial charge in [0, 0.05) is 35.6 Å². The molecule has 2 aliphatic rings. The second kappa shape index (κ2) is 11.2. The second-order valence-electron chi connectivity index (χ2n) is 8.17. The van der Waals surface area contributed by atoms with Crippen molar-refractivity contribution in [1.29, 1.82) is 0 Å². The van der Waals surface area contributed by atoms with Gasteiger partial charge in [-0.15, -0.1) is 0 Å². The Kier molecular flexibility index (Phi) is 8.07. The van der Waals surface area contributed by atoms with Crippen molar-refractivity contribution in [3.8, 4) is 11.4 Å². The molecule has 31 heavy (non-hydrogen) atoms. The first-order chi connectivity index (χ1) is 15.2. The van der Waals surface area contributed by atoms with Gasteiger partial charge in [0.05, 0.1) is 19.8 Å². The van der Waals surface area contributed by atoms with Crippen molar-refractivity contribution in [3.05, 3.63) is 34.6 Å². The van der Waals surface area contributed by atoms with Crippen LogP contribution in [0, 0.1) is 5.92 Å². The van der Waals surface area contributed by atoms with Crippen LogP contribution in [-0.4, -0.2) is 78.3 Å². The number of rotatable bonds is 8. The quantitative estimate of drug-likeness (QED) is 0.567. The van der Waals surface area contributed by atoms with E-state index in [4.69, 9.17) is 9.26 Å². The van der Waals surface area contributed by atoms with E-state index in [0.717, 1.165) is 81.8 Å². The summed E-state index contributed by atoms with van der Waals surface area (Å²) in [6, 6.07) is 7.85. The molecular formula is C22H30BrN5O3. The molecular weight excluding hydrogens is 462 g/mol. The number of likely N-dealkylation sites (tertiary alicyclic amines) is 1. The fourth-order valence-electron chi connectivity index (χ4n) is 4.06. The van der Waals surface area contributed by atoms with Crippen LogP contribution >= 0.6 is 15.9 Å². The smallest absolute Gasteiger partial charge is 0.241 e. The zero-order valence-electron chi connectivity index (χ0n) is 17.8. The Balaban J connectivity index is 1.15. The van der Waals surface area contributed by atoms with E-state index in [2.05, 4.69) is 41.2 Å². The molecule has 2 fully saturated rings. The first-order valence-corrected chi connectivity index (χ1v) is 11.9. The molecule has 1 aromatic carbocycles. The van der Waals surface area contributed by atoms with Crippen LogP contribution < -0.4 is 5.32 Å². The number of aromatic nitrogens is 2. The lowest BCUT2D eigenvalue weighted by Crippen LogP contribution is -2.41. The molecule has 1 aromatic heterocycles. The van der Waals surface area contributed by atoms with Crippen molar-refractivity contribution in [2.24, 2.45) is 5.92 Å². The molecule has 1 amide bonds. The van der Waals surface area contributed by atoms with E-state index in [9.17, 15) is 4.79 Å². The van der Waals surface area contributed by atoms with Gasteiger partial charge >= 0.3 is 0 Å². The Morgan fingerprint density at radius 1 is 1.10 bits per heavy atom. The van der Waals surface area contributed by atoms with Crippen molar-refractivity contribution >= 4 is 21.8 Å². The van der Waals surface area contributed by atoms with Crippen LogP contribution in [0.4, 0.5) is 0 Å². The third kappa shape index (κ3) is 6.58. The molecule has 4 rings (SSSR count). The molecule has 3 heterocycles. The van der Waals surface area contributed by atoms with E-state index in [1.807, 2.05) is 24.3 Å². The zero-order chi connectivity index (χ0) is 21.5. The number of hydrogen-bond acceptors (Lipinski definition) is 7. The number of benzene rings is 1. The number of morpholine rings is 1. The van der Waals surface area contributed by atoms with E-state index in [1.54, 1.807) is 0 Å². The van der Waals surface area contributed by atoms with Crippen molar-refractivity contribution in [3.63, 3.8) is 0 Å². The highest BCUT2D eigenvalue weighted by molar-refractivity contribution is 9.10. The summed E-state index contributed by atoms with van der Waals surface area (Å²) >= 11 is 3.43. The van der Waals surface area contributed by atoms with Crippen molar-refractivity contribution in [2.45, 2.75) is 25.8 Å². The standard InChI is InChI=1S/C22H30BrN5O3/c23-19-4-2-17(3-5-19)21-25-20(31-26-21)16-28-10-6-18(7-11-28)22(29)24-8-1-9-27-12-14-30-15-13-27/h2-5,18H,1,6-16H2,(H,24,29). The molecule has 1 N–H and O–H groups in total. The zero-order valence-corrected chi connectivity index (χ0v) is 19.3. The van der Waals surface area contributed by atoms with E-state index in [-0.39, 0.29) is 11.8 Å². The molecule has 0 bridgehead atoms.